The van der Waals surface area contributed by atoms with Crippen molar-refractivity contribution >= 4 is 23.4 Å². The molecule has 2 unspecified atom stereocenters. The van der Waals surface area contributed by atoms with Gasteiger partial charge in [0.05, 0.1) is 5.56 Å². The van der Waals surface area contributed by atoms with Crippen LogP contribution in [-0.4, -0.2) is 30.5 Å². The number of rotatable bonds is 4. The summed E-state index contributed by atoms with van der Waals surface area (Å²) in [6, 6.07) is 6.24. The molecule has 0 aliphatic heterocycles. The molecule has 0 saturated heterocycles. The Hall–Kier alpha value is -1.16. The van der Waals surface area contributed by atoms with Gasteiger partial charge in [-0.05, 0) is 38.2 Å². The van der Waals surface area contributed by atoms with E-state index in [1.54, 1.807) is 0 Å². The van der Waals surface area contributed by atoms with Gasteiger partial charge < -0.3 is 10.6 Å². The first-order valence-electron chi connectivity index (χ1n) is 6.77. The topological polar surface area (TPSA) is 41.1 Å². The third-order valence-electron chi connectivity index (χ3n) is 3.76. The van der Waals surface area contributed by atoms with E-state index in [4.69, 9.17) is 0 Å². The zero-order valence-corrected chi connectivity index (χ0v) is 12.6. The van der Waals surface area contributed by atoms with Gasteiger partial charge in [0, 0.05) is 24.0 Å². The highest BCUT2D eigenvalue weighted by molar-refractivity contribution is 7.99. The van der Waals surface area contributed by atoms with Gasteiger partial charge in [0.1, 0.15) is 0 Å². The van der Waals surface area contributed by atoms with E-state index in [9.17, 15) is 4.79 Å². The average molecular weight is 278 g/mol. The molecule has 4 heteroatoms. The molecular formula is C15H22N2OS. The van der Waals surface area contributed by atoms with Crippen LogP contribution in [0.2, 0.25) is 0 Å². The Morgan fingerprint density at radius 3 is 2.84 bits per heavy atom. The molecule has 1 aliphatic rings. The van der Waals surface area contributed by atoms with Crippen LogP contribution < -0.4 is 10.6 Å². The summed E-state index contributed by atoms with van der Waals surface area (Å²) in [6.45, 7) is 2.01. The minimum atomic E-state index is 0.0407. The van der Waals surface area contributed by atoms with Gasteiger partial charge >= 0.3 is 0 Å². The highest BCUT2D eigenvalue weighted by Gasteiger charge is 2.28. The summed E-state index contributed by atoms with van der Waals surface area (Å²) in [5.41, 5.74) is 2.74. The molecule has 0 bridgehead atoms. The van der Waals surface area contributed by atoms with E-state index < -0.39 is 0 Å². The van der Waals surface area contributed by atoms with Gasteiger partial charge in [-0.2, -0.15) is 11.8 Å². The first kappa shape index (κ1) is 14.3. The SMILES string of the molecule is CNc1ccc(C)cc1C(=O)NC1CCCC1SC. The molecular weight excluding hydrogens is 256 g/mol. The summed E-state index contributed by atoms with van der Waals surface area (Å²) >= 11 is 1.86. The Labute approximate surface area is 119 Å². The van der Waals surface area contributed by atoms with E-state index in [-0.39, 0.29) is 5.91 Å². The Morgan fingerprint density at radius 1 is 1.37 bits per heavy atom. The van der Waals surface area contributed by atoms with Crippen molar-refractivity contribution in [1.82, 2.24) is 5.32 Å². The van der Waals surface area contributed by atoms with Crippen molar-refractivity contribution in [3.05, 3.63) is 29.3 Å². The van der Waals surface area contributed by atoms with Crippen LogP contribution in [-0.2, 0) is 0 Å². The maximum atomic E-state index is 12.4. The standard InChI is InChI=1S/C15H22N2OS/c1-10-7-8-12(16-2)11(9-10)15(18)17-13-5-4-6-14(13)19-3/h7-9,13-14,16H,4-6H2,1-3H3,(H,17,18). The first-order chi connectivity index (χ1) is 9.15. The van der Waals surface area contributed by atoms with Gasteiger partial charge in [0.2, 0.25) is 0 Å². The predicted molar refractivity (Wildman–Crippen MR) is 83.1 cm³/mol. The molecule has 1 aromatic carbocycles. The normalized spacial score (nSPS) is 22.3. The van der Waals surface area contributed by atoms with Gasteiger partial charge in [-0.3, -0.25) is 4.79 Å². The van der Waals surface area contributed by atoms with Crippen LogP contribution in [0.3, 0.4) is 0 Å². The molecule has 3 nitrogen and oxygen atoms in total. The molecule has 1 aromatic rings. The number of thioether (sulfide) groups is 1. The van der Waals surface area contributed by atoms with Crippen molar-refractivity contribution in [3.63, 3.8) is 0 Å². The molecule has 1 fully saturated rings. The fourth-order valence-electron chi connectivity index (χ4n) is 2.68. The van der Waals surface area contributed by atoms with Gasteiger partial charge in [0.15, 0.2) is 0 Å². The van der Waals surface area contributed by atoms with Crippen LogP contribution in [0, 0.1) is 6.92 Å². The van der Waals surface area contributed by atoms with E-state index in [1.165, 1.54) is 12.8 Å². The smallest absolute Gasteiger partial charge is 0.253 e. The van der Waals surface area contributed by atoms with Crippen molar-refractivity contribution in [2.24, 2.45) is 0 Å². The van der Waals surface area contributed by atoms with Gasteiger partial charge in [-0.15, -0.1) is 0 Å². The summed E-state index contributed by atoms with van der Waals surface area (Å²) in [5.74, 6) is 0.0407. The van der Waals surface area contributed by atoms with E-state index >= 15 is 0 Å². The first-order valence-corrected chi connectivity index (χ1v) is 8.06. The molecule has 19 heavy (non-hydrogen) atoms. The number of aryl methyl sites for hydroxylation is 1. The molecule has 2 atom stereocenters. The second-order valence-corrected chi connectivity index (χ2v) is 6.16. The number of hydrogen-bond acceptors (Lipinski definition) is 3. The predicted octanol–water partition coefficient (Wildman–Crippen LogP) is 3.05. The minimum Gasteiger partial charge on any atom is -0.387 e. The summed E-state index contributed by atoms with van der Waals surface area (Å²) in [7, 11) is 1.85. The van der Waals surface area contributed by atoms with Crippen LogP contribution in [0.25, 0.3) is 0 Å². The highest BCUT2D eigenvalue weighted by Crippen LogP contribution is 2.29. The Kier molecular flexibility index (Phi) is 4.75. The molecule has 1 saturated carbocycles. The third kappa shape index (κ3) is 3.24. The van der Waals surface area contributed by atoms with E-state index in [0.717, 1.165) is 23.2 Å². The van der Waals surface area contributed by atoms with Gasteiger partial charge in [-0.25, -0.2) is 0 Å². The van der Waals surface area contributed by atoms with Crippen LogP contribution in [0.15, 0.2) is 18.2 Å². The lowest BCUT2D eigenvalue weighted by Crippen LogP contribution is -2.38. The monoisotopic (exact) mass is 278 g/mol. The maximum absolute atomic E-state index is 12.4. The van der Waals surface area contributed by atoms with Crippen molar-refractivity contribution < 1.29 is 4.79 Å². The number of anilines is 1. The molecule has 1 aliphatic carbocycles. The lowest BCUT2D eigenvalue weighted by atomic mass is 10.1. The largest absolute Gasteiger partial charge is 0.387 e. The maximum Gasteiger partial charge on any atom is 0.253 e. The second-order valence-electron chi connectivity index (χ2n) is 5.08. The molecule has 0 spiro atoms. The molecule has 0 radical (unpaired) electrons. The molecule has 2 N–H and O–H groups in total. The second kappa shape index (κ2) is 6.33. The average Bonchev–Trinajstić information content (AvgIpc) is 2.85. The molecule has 2 rings (SSSR count). The Bertz CT molecular complexity index is 461. The van der Waals surface area contributed by atoms with Crippen molar-refractivity contribution in [3.8, 4) is 0 Å². The lowest BCUT2D eigenvalue weighted by molar-refractivity contribution is 0.0939. The van der Waals surface area contributed by atoms with Gasteiger partial charge in [0.25, 0.3) is 5.91 Å². The summed E-state index contributed by atoms with van der Waals surface area (Å²) in [5, 5.41) is 6.85. The number of carbonyl (C=O) groups is 1. The Balaban J connectivity index is 2.13. The Morgan fingerprint density at radius 2 is 2.16 bits per heavy atom. The fraction of sp³-hybridized carbons (Fsp3) is 0.533. The number of amides is 1. The van der Waals surface area contributed by atoms with Crippen LogP contribution in [0.4, 0.5) is 5.69 Å². The lowest BCUT2D eigenvalue weighted by Gasteiger charge is -2.20. The van der Waals surface area contributed by atoms with Crippen LogP contribution in [0.1, 0.15) is 35.2 Å². The third-order valence-corrected chi connectivity index (χ3v) is 4.93. The highest BCUT2D eigenvalue weighted by atomic mass is 32.2. The molecule has 104 valence electrons. The van der Waals surface area contributed by atoms with Crippen molar-refractivity contribution in [2.45, 2.75) is 37.5 Å². The van der Waals surface area contributed by atoms with E-state index in [2.05, 4.69) is 16.9 Å². The number of nitrogens with one attached hydrogen (secondary N) is 2. The van der Waals surface area contributed by atoms with Crippen molar-refractivity contribution in [1.29, 1.82) is 0 Å². The molecule has 0 heterocycles. The number of hydrogen-bond donors (Lipinski definition) is 2. The van der Waals surface area contributed by atoms with Gasteiger partial charge in [-0.1, -0.05) is 18.1 Å². The summed E-state index contributed by atoms with van der Waals surface area (Å²) < 4.78 is 0. The van der Waals surface area contributed by atoms with Crippen LogP contribution >= 0.6 is 11.8 Å². The van der Waals surface area contributed by atoms with E-state index in [1.807, 2.05) is 43.9 Å². The number of carbonyl (C=O) groups excluding carboxylic acids is 1. The zero-order chi connectivity index (χ0) is 13.8. The molecule has 0 aromatic heterocycles. The fourth-order valence-corrected chi connectivity index (χ4v) is 3.62. The minimum absolute atomic E-state index is 0.0407. The quantitative estimate of drug-likeness (QED) is 0.889. The molecule has 1 amide bonds. The summed E-state index contributed by atoms with van der Waals surface area (Å²) in [4.78, 5) is 12.4. The number of benzene rings is 1. The summed E-state index contributed by atoms with van der Waals surface area (Å²) in [6.07, 6.45) is 5.64. The van der Waals surface area contributed by atoms with Crippen LogP contribution in [0.5, 0.6) is 0 Å². The zero-order valence-electron chi connectivity index (χ0n) is 11.8. The van der Waals surface area contributed by atoms with E-state index in [0.29, 0.717) is 11.3 Å². The van der Waals surface area contributed by atoms with Crippen molar-refractivity contribution in [2.75, 3.05) is 18.6 Å².